The fraction of sp³-hybridized carbons (Fsp3) is 0.208. The highest BCUT2D eigenvalue weighted by molar-refractivity contribution is 6.09. The third kappa shape index (κ3) is 3.30. The highest BCUT2D eigenvalue weighted by Gasteiger charge is 2.24. The van der Waals surface area contributed by atoms with Crippen LogP contribution in [0.1, 0.15) is 33.6 Å². The summed E-state index contributed by atoms with van der Waals surface area (Å²) in [4.78, 5) is 35.6. The Morgan fingerprint density at radius 1 is 1.00 bits per heavy atom. The molecule has 3 heterocycles. The number of benzene rings is 2. The second-order valence-corrected chi connectivity index (χ2v) is 7.49. The van der Waals surface area contributed by atoms with Crippen LogP contribution >= 0.6 is 0 Å². The lowest BCUT2D eigenvalue weighted by Crippen LogP contribution is -2.23. The molecule has 1 aliphatic rings. The van der Waals surface area contributed by atoms with Crippen molar-refractivity contribution in [3.05, 3.63) is 71.9 Å². The third-order valence-electron chi connectivity index (χ3n) is 5.55. The maximum Gasteiger partial charge on any atom is 0.342 e. The van der Waals surface area contributed by atoms with Gasteiger partial charge in [0.1, 0.15) is 11.4 Å². The van der Waals surface area contributed by atoms with E-state index >= 15 is 0 Å². The van der Waals surface area contributed by atoms with E-state index in [1.54, 1.807) is 6.20 Å². The lowest BCUT2D eigenvalue weighted by molar-refractivity contribution is 0.0475. The van der Waals surface area contributed by atoms with Gasteiger partial charge in [-0.3, -0.25) is 4.79 Å². The zero-order valence-electron chi connectivity index (χ0n) is 16.4. The summed E-state index contributed by atoms with van der Waals surface area (Å²) in [5.41, 5.74) is 2.64. The Hall–Kier alpha value is -3.67. The number of Topliss-reactive ketones (excluding diaryl/α,β-unsaturated/α-hetero) is 1. The fourth-order valence-corrected chi connectivity index (χ4v) is 4.01. The van der Waals surface area contributed by atoms with Gasteiger partial charge in [-0.15, -0.1) is 0 Å². The predicted molar refractivity (Wildman–Crippen MR) is 116 cm³/mol. The van der Waals surface area contributed by atoms with Crippen LogP contribution in [0, 0.1) is 0 Å². The minimum Gasteiger partial charge on any atom is -0.454 e. The second-order valence-electron chi connectivity index (χ2n) is 7.49. The molecule has 150 valence electrons. The number of ketones is 1. The predicted octanol–water partition coefficient (Wildman–Crippen LogP) is 4.36. The van der Waals surface area contributed by atoms with Gasteiger partial charge >= 0.3 is 5.97 Å². The summed E-state index contributed by atoms with van der Waals surface area (Å²) in [6.07, 6.45) is 3.80. The number of anilines is 1. The number of rotatable bonds is 5. The molecule has 0 atom stereocenters. The molecule has 2 aromatic heterocycles. The summed E-state index contributed by atoms with van der Waals surface area (Å²) in [5.74, 6) is -0.128. The van der Waals surface area contributed by atoms with Crippen LogP contribution in [0.5, 0.6) is 0 Å². The molecule has 0 amide bonds. The van der Waals surface area contributed by atoms with Gasteiger partial charge in [0.15, 0.2) is 6.61 Å². The van der Waals surface area contributed by atoms with E-state index in [9.17, 15) is 9.59 Å². The number of carbonyl (C=O) groups is 2. The van der Waals surface area contributed by atoms with Crippen LogP contribution in [0.2, 0.25) is 0 Å². The molecular weight excluding hydrogens is 378 g/mol. The molecule has 0 unspecified atom stereocenters. The molecular formula is C24H21N3O3. The van der Waals surface area contributed by atoms with Gasteiger partial charge < -0.3 is 14.6 Å². The minimum absolute atomic E-state index is 0.239. The molecule has 0 saturated carbocycles. The molecule has 0 radical (unpaired) electrons. The Morgan fingerprint density at radius 3 is 2.63 bits per heavy atom. The lowest BCUT2D eigenvalue weighted by atomic mass is 10.1. The summed E-state index contributed by atoms with van der Waals surface area (Å²) in [6, 6.07) is 17.1. The highest BCUT2D eigenvalue weighted by Crippen LogP contribution is 2.27. The number of fused-ring (bicyclic) bond motifs is 2. The number of aromatic nitrogens is 2. The first-order chi connectivity index (χ1) is 14.7. The Bertz CT molecular complexity index is 1260. The van der Waals surface area contributed by atoms with Crippen molar-refractivity contribution in [2.24, 2.45) is 0 Å². The molecule has 1 saturated heterocycles. The maximum absolute atomic E-state index is 13.0. The molecule has 1 aliphatic heterocycles. The third-order valence-corrected chi connectivity index (χ3v) is 5.55. The largest absolute Gasteiger partial charge is 0.454 e. The maximum atomic E-state index is 13.0. The van der Waals surface area contributed by atoms with Crippen molar-refractivity contribution in [2.75, 3.05) is 24.6 Å². The van der Waals surface area contributed by atoms with Gasteiger partial charge in [-0.05, 0) is 31.0 Å². The number of para-hydroxylation sites is 2. The van der Waals surface area contributed by atoms with Gasteiger partial charge in [-0.2, -0.15) is 0 Å². The van der Waals surface area contributed by atoms with Crippen LogP contribution in [0.3, 0.4) is 0 Å². The van der Waals surface area contributed by atoms with E-state index in [-0.39, 0.29) is 12.4 Å². The summed E-state index contributed by atoms with van der Waals surface area (Å²) in [6.45, 7) is 1.41. The van der Waals surface area contributed by atoms with Gasteiger partial charge in [-0.1, -0.05) is 36.4 Å². The molecule has 5 rings (SSSR count). The first-order valence-corrected chi connectivity index (χ1v) is 10.1. The quantitative estimate of drug-likeness (QED) is 0.399. The SMILES string of the molecule is O=C(OCC(=O)c1c[nH]c2ccccc12)c1cc2ccccc2nc1N1CCCC1. The number of H-pyrrole nitrogens is 1. The van der Waals surface area contributed by atoms with Crippen molar-refractivity contribution in [3.8, 4) is 0 Å². The van der Waals surface area contributed by atoms with Gasteiger partial charge in [-0.25, -0.2) is 9.78 Å². The zero-order valence-corrected chi connectivity index (χ0v) is 16.4. The molecule has 6 nitrogen and oxygen atoms in total. The van der Waals surface area contributed by atoms with E-state index in [1.165, 1.54) is 0 Å². The average molecular weight is 399 g/mol. The topological polar surface area (TPSA) is 75.3 Å². The molecule has 6 heteroatoms. The van der Waals surface area contributed by atoms with Crippen molar-refractivity contribution >= 4 is 39.4 Å². The first-order valence-electron chi connectivity index (χ1n) is 10.1. The van der Waals surface area contributed by atoms with Crippen LogP contribution in [-0.4, -0.2) is 41.4 Å². The molecule has 0 spiro atoms. The summed E-state index contributed by atoms with van der Waals surface area (Å²) in [7, 11) is 0. The van der Waals surface area contributed by atoms with E-state index in [0.717, 1.165) is 47.7 Å². The average Bonchev–Trinajstić information content (AvgIpc) is 3.46. The van der Waals surface area contributed by atoms with Gasteiger partial charge in [0, 0.05) is 41.1 Å². The van der Waals surface area contributed by atoms with Crippen LogP contribution in [-0.2, 0) is 4.74 Å². The molecule has 0 aliphatic carbocycles. The van der Waals surface area contributed by atoms with Gasteiger partial charge in [0.2, 0.25) is 5.78 Å². The number of hydrogen-bond acceptors (Lipinski definition) is 5. The summed E-state index contributed by atoms with van der Waals surface area (Å²) < 4.78 is 5.44. The number of pyridine rings is 1. The normalized spacial score (nSPS) is 13.8. The van der Waals surface area contributed by atoms with Crippen molar-refractivity contribution < 1.29 is 14.3 Å². The van der Waals surface area contributed by atoms with Gasteiger partial charge in [0.25, 0.3) is 0 Å². The Kier molecular flexibility index (Phi) is 4.67. The Labute approximate surface area is 173 Å². The number of aromatic amines is 1. The van der Waals surface area contributed by atoms with Crippen LogP contribution in [0.15, 0.2) is 60.8 Å². The zero-order chi connectivity index (χ0) is 20.5. The molecule has 1 fully saturated rings. The first kappa shape index (κ1) is 18.4. The molecule has 30 heavy (non-hydrogen) atoms. The second kappa shape index (κ2) is 7.63. The molecule has 2 aromatic carbocycles. The van der Waals surface area contributed by atoms with Crippen molar-refractivity contribution in [3.63, 3.8) is 0 Å². The number of carbonyl (C=O) groups excluding carboxylic acids is 2. The Balaban J connectivity index is 1.41. The minimum atomic E-state index is -0.525. The fourth-order valence-electron chi connectivity index (χ4n) is 4.01. The van der Waals surface area contributed by atoms with E-state index in [4.69, 9.17) is 9.72 Å². The number of nitrogens with zero attached hydrogens (tertiary/aromatic N) is 2. The van der Waals surface area contributed by atoms with E-state index in [2.05, 4.69) is 9.88 Å². The van der Waals surface area contributed by atoms with Crippen LogP contribution < -0.4 is 4.90 Å². The van der Waals surface area contributed by atoms with Crippen molar-refractivity contribution in [1.29, 1.82) is 0 Å². The Morgan fingerprint density at radius 2 is 1.77 bits per heavy atom. The summed E-state index contributed by atoms with van der Waals surface area (Å²) >= 11 is 0. The summed E-state index contributed by atoms with van der Waals surface area (Å²) in [5, 5.41) is 1.69. The molecule has 4 aromatic rings. The number of esters is 1. The van der Waals surface area contributed by atoms with E-state index < -0.39 is 5.97 Å². The molecule has 1 N–H and O–H groups in total. The standard InChI is InChI=1S/C24H21N3O3/c28-22(19-14-25-21-10-4-2-8-17(19)21)15-30-24(29)18-13-16-7-1-3-9-20(16)26-23(18)27-11-5-6-12-27/h1-4,7-10,13-14,25H,5-6,11-12,15H2. The number of ether oxygens (including phenoxy) is 1. The number of nitrogens with one attached hydrogen (secondary N) is 1. The highest BCUT2D eigenvalue weighted by atomic mass is 16.5. The van der Waals surface area contributed by atoms with Crippen LogP contribution in [0.25, 0.3) is 21.8 Å². The lowest BCUT2D eigenvalue weighted by Gasteiger charge is -2.20. The monoisotopic (exact) mass is 399 g/mol. The van der Waals surface area contributed by atoms with Gasteiger partial charge in [0.05, 0.1) is 5.52 Å². The van der Waals surface area contributed by atoms with Crippen molar-refractivity contribution in [1.82, 2.24) is 9.97 Å². The number of hydrogen-bond donors (Lipinski definition) is 1. The van der Waals surface area contributed by atoms with Crippen molar-refractivity contribution in [2.45, 2.75) is 12.8 Å². The van der Waals surface area contributed by atoms with E-state index in [0.29, 0.717) is 16.9 Å². The smallest absolute Gasteiger partial charge is 0.342 e. The van der Waals surface area contributed by atoms with Crippen LogP contribution in [0.4, 0.5) is 5.82 Å². The van der Waals surface area contributed by atoms with E-state index in [1.807, 2.05) is 54.6 Å². The molecule has 0 bridgehead atoms.